The quantitative estimate of drug-likeness (QED) is 0.452. The summed E-state index contributed by atoms with van der Waals surface area (Å²) in [6.45, 7) is 3.07. The summed E-state index contributed by atoms with van der Waals surface area (Å²) in [6, 6.07) is 4.19. The lowest BCUT2D eigenvalue weighted by Crippen LogP contribution is -2.51. The third-order valence-corrected chi connectivity index (χ3v) is 6.05. The van der Waals surface area contributed by atoms with E-state index in [-0.39, 0.29) is 0 Å². The third-order valence-electron chi connectivity index (χ3n) is 5.14. The Morgan fingerprint density at radius 1 is 1.32 bits per heavy atom. The van der Waals surface area contributed by atoms with Crippen molar-refractivity contribution in [2.45, 2.75) is 31.5 Å². The molecule has 4 aromatic heterocycles. The highest BCUT2D eigenvalue weighted by Crippen LogP contribution is 2.34. The van der Waals surface area contributed by atoms with Gasteiger partial charge in [0.2, 0.25) is 5.95 Å². The number of rotatable bonds is 7. The molecule has 2 N–H and O–H groups in total. The summed E-state index contributed by atoms with van der Waals surface area (Å²) < 4.78 is 9.81. The molecule has 4 aromatic rings. The minimum atomic E-state index is -0.486. The van der Waals surface area contributed by atoms with Crippen molar-refractivity contribution in [3.05, 3.63) is 36.2 Å². The highest BCUT2D eigenvalue weighted by Gasteiger charge is 2.41. The van der Waals surface area contributed by atoms with Crippen molar-refractivity contribution in [3.8, 4) is 17.3 Å². The molecule has 11 heteroatoms. The summed E-state index contributed by atoms with van der Waals surface area (Å²) in [4.78, 5) is 9.36. The van der Waals surface area contributed by atoms with Gasteiger partial charge in [0.15, 0.2) is 0 Å². The largest absolute Gasteiger partial charge is 0.391 e. The lowest BCUT2D eigenvalue weighted by Gasteiger charge is -2.39. The van der Waals surface area contributed by atoms with Crippen LogP contribution in [-0.2, 0) is 16.8 Å². The van der Waals surface area contributed by atoms with Crippen LogP contribution in [0.25, 0.3) is 21.5 Å². The average Bonchev–Trinajstić information content (AvgIpc) is 3.44. The molecule has 1 saturated heterocycles. The number of thiophene rings is 1. The molecule has 0 spiro atoms. The first kappa shape index (κ1) is 19.6. The molecule has 0 amide bonds. The fourth-order valence-electron chi connectivity index (χ4n) is 3.55. The average molecular weight is 437 g/mol. The highest BCUT2D eigenvalue weighted by atomic mass is 32.1. The molecule has 158 valence electrons. The van der Waals surface area contributed by atoms with Gasteiger partial charge in [-0.1, -0.05) is 0 Å². The maximum atomic E-state index is 9.54. The predicted molar refractivity (Wildman–Crippen MR) is 115 cm³/mol. The van der Waals surface area contributed by atoms with Crippen molar-refractivity contribution >= 4 is 33.2 Å². The first-order valence-electron chi connectivity index (χ1n) is 9.79. The molecule has 5 rings (SSSR count). The van der Waals surface area contributed by atoms with Crippen LogP contribution < -0.4 is 5.32 Å². The Hall–Kier alpha value is -3.33. The normalized spacial score (nSPS) is 16.0. The second kappa shape index (κ2) is 7.73. The molecule has 31 heavy (non-hydrogen) atoms. The van der Waals surface area contributed by atoms with Crippen LogP contribution in [0.4, 0.5) is 11.6 Å². The maximum absolute atomic E-state index is 9.54. The molecule has 0 radical (unpaired) electrons. The summed E-state index contributed by atoms with van der Waals surface area (Å²) in [7, 11) is 0. The van der Waals surface area contributed by atoms with Crippen molar-refractivity contribution < 1.29 is 9.84 Å². The van der Waals surface area contributed by atoms with E-state index in [0.29, 0.717) is 32.1 Å². The van der Waals surface area contributed by atoms with Gasteiger partial charge in [0.1, 0.15) is 5.54 Å². The highest BCUT2D eigenvalue weighted by molar-refractivity contribution is 7.17. The molecule has 1 atom stereocenters. The van der Waals surface area contributed by atoms with Crippen LogP contribution in [0.5, 0.6) is 0 Å². The smallest absolute Gasteiger partial charge is 0.228 e. The zero-order valence-electron chi connectivity index (χ0n) is 16.8. The van der Waals surface area contributed by atoms with E-state index in [1.807, 2.05) is 22.3 Å². The van der Waals surface area contributed by atoms with Crippen molar-refractivity contribution in [1.29, 1.82) is 5.26 Å². The minimum Gasteiger partial charge on any atom is -0.391 e. The van der Waals surface area contributed by atoms with Crippen molar-refractivity contribution in [2.75, 3.05) is 18.5 Å². The molecular formula is C20H20N8O2S. The van der Waals surface area contributed by atoms with Crippen LogP contribution in [0.3, 0.4) is 0 Å². The minimum absolute atomic E-state index is 0.343. The SMILES string of the molecule is C[C@@H](O)Cn1cc(Nc2nc(-c3cnn(C4(CC#N)COC4)c3)c3sccc3n2)cn1. The molecule has 0 unspecified atom stereocenters. The Balaban J connectivity index is 1.48. The number of aromatic nitrogens is 6. The standard InChI is InChI=1S/C20H20N8O2S/c1-13(29)8-27-10-15(7-22-27)24-19-25-16-2-5-31-18(16)17(26-19)14-6-23-28(9-14)20(3-4-21)11-30-12-20/h2,5-7,9-10,13,29H,3,8,11-12H2,1H3,(H,24,25,26)/t13-/m1/s1. The van der Waals surface area contributed by atoms with Crippen molar-refractivity contribution in [1.82, 2.24) is 29.5 Å². The van der Waals surface area contributed by atoms with E-state index in [1.54, 1.807) is 41.5 Å². The van der Waals surface area contributed by atoms with Gasteiger partial charge in [-0.25, -0.2) is 9.97 Å². The molecule has 0 saturated carbocycles. The Labute approximate surface area is 181 Å². The van der Waals surface area contributed by atoms with Crippen molar-refractivity contribution in [3.63, 3.8) is 0 Å². The number of ether oxygens (including phenoxy) is 1. The van der Waals surface area contributed by atoms with Crippen LogP contribution in [0.1, 0.15) is 13.3 Å². The summed E-state index contributed by atoms with van der Waals surface area (Å²) in [5.41, 5.74) is 2.79. The van der Waals surface area contributed by atoms with Gasteiger partial charge in [-0.3, -0.25) is 9.36 Å². The van der Waals surface area contributed by atoms with Crippen LogP contribution in [-0.4, -0.2) is 54.0 Å². The molecule has 0 aliphatic carbocycles. The molecule has 1 aliphatic heterocycles. The van der Waals surface area contributed by atoms with E-state index < -0.39 is 11.6 Å². The van der Waals surface area contributed by atoms with Gasteiger partial charge in [-0.05, 0) is 18.4 Å². The summed E-state index contributed by atoms with van der Waals surface area (Å²) in [5, 5.41) is 32.7. The van der Waals surface area contributed by atoms with Gasteiger partial charge in [0.25, 0.3) is 0 Å². The summed E-state index contributed by atoms with van der Waals surface area (Å²) >= 11 is 1.57. The molecule has 1 fully saturated rings. The molecular weight excluding hydrogens is 416 g/mol. The Morgan fingerprint density at radius 3 is 2.94 bits per heavy atom. The molecule has 0 bridgehead atoms. The van der Waals surface area contributed by atoms with Gasteiger partial charge < -0.3 is 15.2 Å². The van der Waals surface area contributed by atoms with Gasteiger partial charge >= 0.3 is 0 Å². The summed E-state index contributed by atoms with van der Waals surface area (Å²) in [6.07, 6.45) is 7.02. The summed E-state index contributed by atoms with van der Waals surface area (Å²) in [5.74, 6) is 0.448. The van der Waals surface area contributed by atoms with Crippen LogP contribution in [0.15, 0.2) is 36.2 Å². The van der Waals surface area contributed by atoms with E-state index in [0.717, 1.165) is 27.2 Å². The predicted octanol–water partition coefficient (Wildman–Crippen LogP) is 2.51. The van der Waals surface area contributed by atoms with E-state index in [4.69, 9.17) is 9.72 Å². The van der Waals surface area contributed by atoms with Gasteiger partial charge in [-0.15, -0.1) is 11.3 Å². The molecule has 1 aliphatic rings. The van der Waals surface area contributed by atoms with Gasteiger partial charge in [0, 0.05) is 18.0 Å². The van der Waals surface area contributed by atoms with Crippen LogP contribution in [0.2, 0.25) is 0 Å². The molecule has 0 aromatic carbocycles. The van der Waals surface area contributed by atoms with E-state index in [2.05, 4.69) is 26.6 Å². The lowest BCUT2D eigenvalue weighted by molar-refractivity contribution is -0.104. The fraction of sp³-hybridized carbons (Fsp3) is 0.350. The second-order valence-corrected chi connectivity index (χ2v) is 8.60. The number of hydrogen-bond donors (Lipinski definition) is 2. The zero-order valence-corrected chi connectivity index (χ0v) is 17.6. The fourth-order valence-corrected chi connectivity index (χ4v) is 4.39. The lowest BCUT2D eigenvalue weighted by atomic mass is 9.94. The Bertz CT molecular complexity index is 1260. The number of aliphatic hydroxyl groups is 1. The van der Waals surface area contributed by atoms with Crippen molar-refractivity contribution in [2.24, 2.45) is 0 Å². The Morgan fingerprint density at radius 2 is 2.19 bits per heavy atom. The number of aliphatic hydroxyl groups excluding tert-OH is 1. The zero-order chi connectivity index (χ0) is 21.4. The third kappa shape index (κ3) is 3.65. The monoisotopic (exact) mass is 436 g/mol. The molecule has 10 nitrogen and oxygen atoms in total. The number of anilines is 2. The van der Waals surface area contributed by atoms with Crippen LogP contribution in [0, 0.1) is 11.3 Å². The maximum Gasteiger partial charge on any atom is 0.228 e. The number of nitrogens with one attached hydrogen (secondary N) is 1. The van der Waals surface area contributed by atoms with E-state index in [9.17, 15) is 10.4 Å². The number of nitrogens with zero attached hydrogens (tertiary/aromatic N) is 7. The van der Waals surface area contributed by atoms with E-state index >= 15 is 0 Å². The Kier molecular flexibility index (Phi) is 4.90. The second-order valence-electron chi connectivity index (χ2n) is 7.68. The first-order chi connectivity index (χ1) is 15.1. The van der Waals surface area contributed by atoms with E-state index in [1.165, 1.54) is 0 Å². The van der Waals surface area contributed by atoms with Gasteiger partial charge in [0.05, 0.1) is 72.3 Å². The molecule has 5 heterocycles. The first-order valence-corrected chi connectivity index (χ1v) is 10.7. The topological polar surface area (TPSA) is 127 Å². The number of fused-ring (bicyclic) bond motifs is 1. The number of hydrogen-bond acceptors (Lipinski definition) is 9. The number of nitriles is 1. The van der Waals surface area contributed by atoms with Gasteiger partial charge in [-0.2, -0.15) is 15.5 Å². The van der Waals surface area contributed by atoms with Crippen LogP contribution >= 0.6 is 11.3 Å².